The number of carbonyl (C=O) groups excluding carboxylic acids is 1. The van der Waals surface area contributed by atoms with Gasteiger partial charge in [-0.1, -0.05) is 48.5 Å². The largest absolute Gasteiger partial charge is 0.460 e. The van der Waals surface area contributed by atoms with Crippen molar-refractivity contribution < 1.29 is 9.53 Å². The molecule has 0 radical (unpaired) electrons. The molecule has 1 unspecified atom stereocenters. The van der Waals surface area contributed by atoms with E-state index in [9.17, 15) is 4.79 Å². The van der Waals surface area contributed by atoms with E-state index in [4.69, 9.17) is 9.73 Å². The monoisotopic (exact) mass is 388 g/mol. The number of aromatic nitrogens is 3. The molecule has 1 aliphatic heterocycles. The SMILES string of the molecule is Cc1nnc2n1-c1ccccc1C(c1ccccc1)=NC2CC(=O)OC(C)(C)C. The quantitative estimate of drug-likeness (QED) is 0.631. The summed E-state index contributed by atoms with van der Waals surface area (Å²) in [5.41, 5.74) is 3.21. The summed E-state index contributed by atoms with van der Waals surface area (Å²) in [7, 11) is 0. The maximum Gasteiger partial charge on any atom is 0.308 e. The third-order valence-corrected chi connectivity index (χ3v) is 4.66. The second kappa shape index (κ2) is 7.28. The average Bonchev–Trinajstić information content (AvgIpc) is 2.99. The zero-order valence-corrected chi connectivity index (χ0v) is 17.1. The zero-order chi connectivity index (χ0) is 20.6. The summed E-state index contributed by atoms with van der Waals surface area (Å²) < 4.78 is 7.55. The van der Waals surface area contributed by atoms with Crippen LogP contribution in [0.15, 0.2) is 59.6 Å². The number of esters is 1. The highest BCUT2D eigenvalue weighted by Crippen LogP contribution is 2.32. The molecule has 6 heteroatoms. The minimum Gasteiger partial charge on any atom is -0.460 e. The maximum atomic E-state index is 12.6. The van der Waals surface area contributed by atoms with Crippen molar-refractivity contribution >= 4 is 11.7 Å². The third-order valence-electron chi connectivity index (χ3n) is 4.66. The van der Waals surface area contributed by atoms with Crippen molar-refractivity contribution in [2.75, 3.05) is 0 Å². The molecule has 2 aromatic carbocycles. The summed E-state index contributed by atoms with van der Waals surface area (Å²) in [4.78, 5) is 17.6. The first-order valence-electron chi connectivity index (χ1n) is 9.70. The number of rotatable bonds is 3. The first-order valence-corrected chi connectivity index (χ1v) is 9.70. The van der Waals surface area contributed by atoms with Gasteiger partial charge in [-0.3, -0.25) is 14.4 Å². The Kier molecular flexibility index (Phi) is 4.78. The lowest BCUT2D eigenvalue weighted by Gasteiger charge is -2.20. The minimum atomic E-state index is -0.555. The summed E-state index contributed by atoms with van der Waals surface area (Å²) in [6.45, 7) is 7.49. The first kappa shape index (κ1) is 19.1. The molecule has 0 fully saturated rings. The summed E-state index contributed by atoms with van der Waals surface area (Å²) in [5, 5.41) is 8.63. The van der Waals surface area contributed by atoms with Crippen molar-refractivity contribution in [3.63, 3.8) is 0 Å². The molecule has 2 heterocycles. The predicted octanol–water partition coefficient (Wildman–Crippen LogP) is 4.20. The van der Waals surface area contributed by atoms with Crippen LogP contribution in [0.3, 0.4) is 0 Å². The van der Waals surface area contributed by atoms with Gasteiger partial charge in [0.2, 0.25) is 0 Å². The molecule has 0 saturated heterocycles. The molecule has 0 N–H and O–H groups in total. The zero-order valence-electron chi connectivity index (χ0n) is 17.1. The van der Waals surface area contributed by atoms with Crippen LogP contribution in [0.4, 0.5) is 0 Å². The van der Waals surface area contributed by atoms with Crippen molar-refractivity contribution in [1.29, 1.82) is 0 Å². The Balaban J connectivity index is 1.87. The number of benzene rings is 2. The van der Waals surface area contributed by atoms with Gasteiger partial charge in [-0.05, 0) is 33.8 Å². The van der Waals surface area contributed by atoms with Gasteiger partial charge in [-0.15, -0.1) is 10.2 Å². The van der Waals surface area contributed by atoms with Gasteiger partial charge in [-0.2, -0.15) is 0 Å². The van der Waals surface area contributed by atoms with Gasteiger partial charge in [0, 0.05) is 11.1 Å². The molecule has 0 aliphatic carbocycles. The van der Waals surface area contributed by atoms with E-state index >= 15 is 0 Å². The van der Waals surface area contributed by atoms with Crippen LogP contribution in [0.1, 0.15) is 56.0 Å². The predicted molar refractivity (Wildman–Crippen MR) is 111 cm³/mol. The number of carbonyl (C=O) groups is 1. The number of ether oxygens (including phenoxy) is 1. The van der Waals surface area contributed by atoms with Crippen molar-refractivity contribution in [3.8, 4) is 5.69 Å². The van der Waals surface area contributed by atoms with Crippen molar-refractivity contribution in [2.24, 2.45) is 4.99 Å². The van der Waals surface area contributed by atoms with E-state index < -0.39 is 11.6 Å². The van der Waals surface area contributed by atoms with Crippen LogP contribution >= 0.6 is 0 Å². The second-order valence-electron chi connectivity index (χ2n) is 8.11. The molecule has 4 rings (SSSR count). The van der Waals surface area contributed by atoms with Crippen LogP contribution < -0.4 is 0 Å². The highest BCUT2D eigenvalue weighted by Gasteiger charge is 2.30. The lowest BCUT2D eigenvalue weighted by atomic mass is 10.0. The Labute approximate surface area is 170 Å². The number of aliphatic imine (C=N–C) groups is 1. The Hall–Kier alpha value is -3.28. The molecule has 0 spiro atoms. The fraction of sp³-hybridized carbons (Fsp3) is 0.304. The molecule has 6 nitrogen and oxygen atoms in total. The van der Waals surface area contributed by atoms with Crippen LogP contribution in [0.5, 0.6) is 0 Å². The molecule has 3 aromatic rings. The average molecular weight is 388 g/mol. The Morgan fingerprint density at radius 1 is 1.03 bits per heavy atom. The van der Waals surface area contributed by atoms with Gasteiger partial charge in [0.15, 0.2) is 5.82 Å². The first-order chi connectivity index (χ1) is 13.8. The third kappa shape index (κ3) is 3.83. The van der Waals surface area contributed by atoms with Crippen LogP contribution in [-0.2, 0) is 9.53 Å². The fourth-order valence-electron chi connectivity index (χ4n) is 3.55. The van der Waals surface area contributed by atoms with Gasteiger partial charge >= 0.3 is 5.97 Å². The number of hydrogen-bond acceptors (Lipinski definition) is 5. The standard InChI is InChI=1S/C23H24N4O2/c1-15-25-26-22-18(14-20(28)29-23(2,3)4)24-21(16-10-6-5-7-11-16)17-12-8-9-13-19(17)27(15)22/h5-13,18H,14H2,1-4H3. The van der Waals surface area contributed by atoms with Gasteiger partial charge in [0.05, 0.1) is 17.8 Å². The van der Waals surface area contributed by atoms with E-state index in [1.54, 1.807) is 0 Å². The van der Waals surface area contributed by atoms with Gasteiger partial charge in [-0.25, -0.2) is 0 Å². The van der Waals surface area contributed by atoms with Gasteiger partial charge in [0.25, 0.3) is 0 Å². The van der Waals surface area contributed by atoms with E-state index in [-0.39, 0.29) is 12.4 Å². The number of hydrogen-bond donors (Lipinski definition) is 0. The summed E-state index contributed by atoms with van der Waals surface area (Å²) >= 11 is 0. The van der Waals surface area contributed by atoms with E-state index in [1.165, 1.54) is 0 Å². The van der Waals surface area contributed by atoms with Crippen molar-refractivity contribution in [2.45, 2.75) is 45.8 Å². The number of aryl methyl sites for hydroxylation is 1. The molecular formula is C23H24N4O2. The molecule has 29 heavy (non-hydrogen) atoms. The van der Waals surface area contributed by atoms with Gasteiger partial charge < -0.3 is 4.74 Å². The van der Waals surface area contributed by atoms with Crippen LogP contribution in [0.25, 0.3) is 5.69 Å². The molecule has 1 aromatic heterocycles. The van der Waals surface area contributed by atoms with Crippen molar-refractivity contribution in [1.82, 2.24) is 14.8 Å². The highest BCUT2D eigenvalue weighted by atomic mass is 16.6. The fourth-order valence-corrected chi connectivity index (χ4v) is 3.55. The molecule has 148 valence electrons. The topological polar surface area (TPSA) is 69.4 Å². The normalized spacial score (nSPS) is 15.7. The number of nitrogens with zero attached hydrogens (tertiary/aromatic N) is 4. The Bertz CT molecular complexity index is 1080. The van der Waals surface area contributed by atoms with E-state index in [1.807, 2.05) is 86.9 Å². The van der Waals surface area contributed by atoms with E-state index in [0.29, 0.717) is 5.82 Å². The molecule has 1 atom stereocenters. The summed E-state index contributed by atoms with van der Waals surface area (Å²) in [6.07, 6.45) is 0.0969. The molecule has 0 saturated carbocycles. The molecular weight excluding hydrogens is 364 g/mol. The second-order valence-corrected chi connectivity index (χ2v) is 8.11. The number of fused-ring (bicyclic) bond motifs is 3. The van der Waals surface area contributed by atoms with E-state index in [2.05, 4.69) is 10.2 Å². The molecule has 0 amide bonds. The molecule has 0 bridgehead atoms. The Morgan fingerprint density at radius 3 is 2.45 bits per heavy atom. The summed E-state index contributed by atoms with van der Waals surface area (Å²) in [6, 6.07) is 17.6. The van der Waals surface area contributed by atoms with Gasteiger partial charge in [0.1, 0.15) is 17.5 Å². The highest BCUT2D eigenvalue weighted by molar-refractivity contribution is 6.15. The Morgan fingerprint density at radius 2 is 1.72 bits per heavy atom. The van der Waals surface area contributed by atoms with Crippen LogP contribution in [-0.4, -0.2) is 32.0 Å². The lowest BCUT2D eigenvalue weighted by Crippen LogP contribution is -2.25. The maximum absolute atomic E-state index is 12.6. The number of para-hydroxylation sites is 1. The smallest absolute Gasteiger partial charge is 0.308 e. The van der Waals surface area contributed by atoms with Crippen molar-refractivity contribution in [3.05, 3.63) is 77.4 Å². The lowest BCUT2D eigenvalue weighted by molar-refractivity contribution is -0.155. The van der Waals surface area contributed by atoms with Crippen LogP contribution in [0, 0.1) is 6.92 Å². The minimum absolute atomic E-state index is 0.0969. The molecule has 1 aliphatic rings. The summed E-state index contributed by atoms with van der Waals surface area (Å²) in [5.74, 6) is 1.09. The van der Waals surface area contributed by atoms with Crippen LogP contribution in [0.2, 0.25) is 0 Å². The van der Waals surface area contributed by atoms with E-state index in [0.717, 1.165) is 28.4 Å².